The number of methoxy groups -OCH3 is 1. The lowest BCUT2D eigenvalue weighted by atomic mass is 10.2. The molecule has 0 rings (SSSR count). The third-order valence-electron chi connectivity index (χ3n) is 2.30. The molecule has 0 heterocycles. The van der Waals surface area contributed by atoms with Crippen LogP contribution in [-0.4, -0.2) is 29.7 Å². The standard InChI is InChI=1S/C11H22O3S/c1-5-7-10(12)15(6-2)8-9(3)11(13)14-4/h9,15H,5-8H2,1-4H3. The predicted octanol–water partition coefficient (Wildman–Crippen LogP) is 2.14. The quantitative estimate of drug-likeness (QED) is 0.565. The molecule has 0 radical (unpaired) electrons. The van der Waals surface area contributed by atoms with Crippen LogP contribution in [0.1, 0.15) is 33.6 Å². The second-order valence-corrected chi connectivity index (χ2v) is 6.18. The first-order valence-electron chi connectivity index (χ1n) is 5.42. The Bertz CT molecular complexity index is 216. The molecule has 0 fully saturated rings. The lowest BCUT2D eigenvalue weighted by Gasteiger charge is -2.20. The molecule has 0 saturated heterocycles. The van der Waals surface area contributed by atoms with Crippen LogP contribution >= 0.6 is 10.9 Å². The van der Waals surface area contributed by atoms with E-state index in [1.807, 2.05) is 20.8 Å². The summed E-state index contributed by atoms with van der Waals surface area (Å²) in [5.41, 5.74) is 0. The maximum atomic E-state index is 11.7. The number of carbonyl (C=O) groups is 2. The zero-order chi connectivity index (χ0) is 11.8. The minimum atomic E-state index is -0.643. The highest BCUT2D eigenvalue weighted by Crippen LogP contribution is 2.30. The highest BCUT2D eigenvalue weighted by Gasteiger charge is 2.19. The van der Waals surface area contributed by atoms with Gasteiger partial charge in [-0.25, -0.2) is 0 Å². The molecule has 90 valence electrons. The summed E-state index contributed by atoms with van der Waals surface area (Å²) in [6, 6.07) is 0. The van der Waals surface area contributed by atoms with Crippen LogP contribution in [0.2, 0.25) is 0 Å². The molecular weight excluding hydrogens is 212 g/mol. The first-order chi connectivity index (χ1) is 7.06. The van der Waals surface area contributed by atoms with Crippen LogP contribution in [-0.2, 0) is 14.3 Å². The minimum Gasteiger partial charge on any atom is -0.469 e. The molecule has 0 saturated carbocycles. The van der Waals surface area contributed by atoms with Crippen LogP contribution in [0, 0.1) is 5.92 Å². The molecule has 0 aromatic carbocycles. The van der Waals surface area contributed by atoms with Crippen molar-refractivity contribution in [1.82, 2.24) is 0 Å². The highest BCUT2D eigenvalue weighted by molar-refractivity contribution is 8.29. The van der Waals surface area contributed by atoms with Crippen molar-refractivity contribution in [3.05, 3.63) is 0 Å². The van der Waals surface area contributed by atoms with E-state index in [1.54, 1.807) is 0 Å². The van der Waals surface area contributed by atoms with Crippen molar-refractivity contribution in [2.24, 2.45) is 5.92 Å². The van der Waals surface area contributed by atoms with Gasteiger partial charge in [0.05, 0.1) is 13.0 Å². The minimum absolute atomic E-state index is 0.151. The third kappa shape index (κ3) is 5.21. The molecule has 0 aromatic heterocycles. The van der Waals surface area contributed by atoms with Crippen LogP contribution in [0.25, 0.3) is 0 Å². The molecule has 0 spiro atoms. The second kappa shape index (κ2) is 7.74. The molecule has 2 unspecified atom stereocenters. The maximum Gasteiger partial charge on any atom is 0.309 e. The van der Waals surface area contributed by atoms with Crippen molar-refractivity contribution in [1.29, 1.82) is 0 Å². The van der Waals surface area contributed by atoms with Gasteiger partial charge in [-0.2, -0.15) is 10.9 Å². The van der Waals surface area contributed by atoms with E-state index in [0.717, 1.165) is 12.2 Å². The number of thiol groups is 1. The highest BCUT2D eigenvalue weighted by atomic mass is 32.2. The number of hydrogen-bond acceptors (Lipinski definition) is 3. The zero-order valence-electron chi connectivity index (χ0n) is 10.1. The molecule has 0 aromatic rings. The summed E-state index contributed by atoms with van der Waals surface area (Å²) in [6.07, 6.45) is 1.54. The Balaban J connectivity index is 4.20. The summed E-state index contributed by atoms with van der Waals surface area (Å²) in [5, 5.41) is 0.339. The van der Waals surface area contributed by atoms with E-state index in [-0.39, 0.29) is 11.9 Å². The molecule has 0 amide bonds. The molecule has 0 N–H and O–H groups in total. The van der Waals surface area contributed by atoms with E-state index in [1.165, 1.54) is 7.11 Å². The number of ether oxygens (including phenoxy) is 1. The van der Waals surface area contributed by atoms with E-state index in [9.17, 15) is 9.59 Å². The lowest BCUT2D eigenvalue weighted by Crippen LogP contribution is -2.19. The topological polar surface area (TPSA) is 43.4 Å². The van der Waals surface area contributed by atoms with Gasteiger partial charge in [-0.1, -0.05) is 20.8 Å². The van der Waals surface area contributed by atoms with E-state index >= 15 is 0 Å². The van der Waals surface area contributed by atoms with Crippen molar-refractivity contribution in [2.45, 2.75) is 33.6 Å². The van der Waals surface area contributed by atoms with Crippen molar-refractivity contribution >= 4 is 22.0 Å². The Morgan fingerprint density at radius 2 is 1.93 bits per heavy atom. The summed E-state index contributed by atoms with van der Waals surface area (Å²) >= 11 is 0. The van der Waals surface area contributed by atoms with Crippen molar-refractivity contribution < 1.29 is 14.3 Å². The van der Waals surface area contributed by atoms with Gasteiger partial charge in [-0.15, -0.1) is 0 Å². The number of esters is 1. The van der Waals surface area contributed by atoms with Gasteiger partial charge < -0.3 is 4.74 Å². The summed E-state index contributed by atoms with van der Waals surface area (Å²) in [7, 11) is 0.747. The zero-order valence-corrected chi connectivity index (χ0v) is 11.0. The van der Waals surface area contributed by atoms with E-state index in [4.69, 9.17) is 0 Å². The van der Waals surface area contributed by atoms with Crippen molar-refractivity contribution in [3.8, 4) is 0 Å². The molecule has 2 atom stereocenters. The van der Waals surface area contributed by atoms with Gasteiger partial charge >= 0.3 is 5.97 Å². The number of rotatable bonds is 6. The molecule has 0 aliphatic rings. The van der Waals surface area contributed by atoms with Gasteiger partial charge in [-0.3, -0.25) is 9.59 Å². The van der Waals surface area contributed by atoms with Gasteiger partial charge in [0.2, 0.25) is 0 Å². The van der Waals surface area contributed by atoms with Crippen LogP contribution in [0.15, 0.2) is 0 Å². The summed E-state index contributed by atoms with van der Waals surface area (Å²) in [5.74, 6) is 1.19. The van der Waals surface area contributed by atoms with E-state index < -0.39 is 10.9 Å². The Labute approximate surface area is 94.9 Å². The Hall–Kier alpha value is -0.510. The first kappa shape index (κ1) is 14.5. The Morgan fingerprint density at radius 1 is 1.33 bits per heavy atom. The van der Waals surface area contributed by atoms with Gasteiger partial charge in [0, 0.05) is 6.42 Å². The smallest absolute Gasteiger partial charge is 0.309 e. The molecule has 3 nitrogen and oxygen atoms in total. The largest absolute Gasteiger partial charge is 0.469 e. The van der Waals surface area contributed by atoms with Gasteiger partial charge in [0.15, 0.2) is 5.12 Å². The molecule has 0 bridgehead atoms. The fourth-order valence-corrected chi connectivity index (χ4v) is 3.55. The average Bonchev–Trinajstić information content (AvgIpc) is 2.24. The molecule has 0 aliphatic heterocycles. The van der Waals surface area contributed by atoms with Crippen molar-refractivity contribution in [3.63, 3.8) is 0 Å². The monoisotopic (exact) mass is 234 g/mol. The van der Waals surface area contributed by atoms with Gasteiger partial charge in [0.25, 0.3) is 0 Å². The Kier molecular flexibility index (Phi) is 7.48. The molecule has 4 heteroatoms. The first-order valence-corrected chi connectivity index (χ1v) is 7.13. The SMILES string of the molecule is CCCC(=O)[SH](CC)CC(C)C(=O)OC. The molecular formula is C11H22O3S. The van der Waals surface area contributed by atoms with Crippen LogP contribution in [0.5, 0.6) is 0 Å². The normalized spacial score (nSPS) is 15.6. The van der Waals surface area contributed by atoms with Crippen LogP contribution in [0.3, 0.4) is 0 Å². The summed E-state index contributed by atoms with van der Waals surface area (Å²) < 4.78 is 4.66. The van der Waals surface area contributed by atoms with Gasteiger partial charge in [0.1, 0.15) is 0 Å². The van der Waals surface area contributed by atoms with Crippen LogP contribution in [0.4, 0.5) is 0 Å². The molecule has 15 heavy (non-hydrogen) atoms. The summed E-state index contributed by atoms with van der Waals surface area (Å²) in [6.45, 7) is 5.85. The predicted molar refractivity (Wildman–Crippen MR) is 65.5 cm³/mol. The lowest BCUT2D eigenvalue weighted by molar-refractivity contribution is -0.144. The fourth-order valence-electron chi connectivity index (χ4n) is 1.39. The van der Waals surface area contributed by atoms with E-state index in [0.29, 0.717) is 17.3 Å². The van der Waals surface area contributed by atoms with Crippen molar-refractivity contribution in [2.75, 3.05) is 18.6 Å². The number of carbonyl (C=O) groups excluding carboxylic acids is 2. The Morgan fingerprint density at radius 3 is 2.33 bits per heavy atom. The average molecular weight is 234 g/mol. The van der Waals surface area contributed by atoms with E-state index in [2.05, 4.69) is 4.74 Å². The van der Waals surface area contributed by atoms with Gasteiger partial charge in [-0.05, 0) is 17.9 Å². The maximum absolute atomic E-state index is 11.7. The second-order valence-electron chi connectivity index (χ2n) is 3.61. The van der Waals surface area contributed by atoms with Crippen LogP contribution < -0.4 is 0 Å². The fraction of sp³-hybridized carbons (Fsp3) is 0.818. The summed E-state index contributed by atoms with van der Waals surface area (Å²) in [4.78, 5) is 22.9. The third-order valence-corrected chi connectivity index (χ3v) is 4.98. The molecule has 0 aliphatic carbocycles. The number of hydrogen-bond donors (Lipinski definition) is 1.